The number of aromatic hydroxyl groups is 1. The minimum Gasteiger partial charge on any atom is -0.508 e. The summed E-state index contributed by atoms with van der Waals surface area (Å²) in [6.45, 7) is 5.03. The molecule has 1 unspecified atom stereocenters. The molecule has 3 amide bonds. The number of carbonyl (C=O) groups is 4. The van der Waals surface area contributed by atoms with Crippen LogP contribution in [0, 0.1) is 5.92 Å². The van der Waals surface area contributed by atoms with Crippen molar-refractivity contribution in [2.75, 3.05) is 13.7 Å². The Morgan fingerprint density at radius 3 is 2.26 bits per heavy atom. The zero-order valence-corrected chi connectivity index (χ0v) is 22.0. The van der Waals surface area contributed by atoms with Crippen molar-refractivity contribution in [1.29, 1.82) is 0 Å². The maximum absolute atomic E-state index is 13.7. The van der Waals surface area contributed by atoms with E-state index in [0.717, 1.165) is 5.56 Å². The Morgan fingerprint density at radius 1 is 1.03 bits per heavy atom. The summed E-state index contributed by atoms with van der Waals surface area (Å²) in [7, 11) is 1.26. The SMILES string of the molecule is COC(=O)[C@@H]1CC(Oc2ccccc2)CN1C(=O)[C@@H](NC(=O)[C@H](Cc1ccc(O)cc1)NC(C)=O)C(C)C. The van der Waals surface area contributed by atoms with Crippen LogP contribution in [0.2, 0.25) is 0 Å². The Hall–Kier alpha value is -4.08. The molecule has 1 fully saturated rings. The van der Waals surface area contributed by atoms with Gasteiger partial charge in [0.2, 0.25) is 17.7 Å². The van der Waals surface area contributed by atoms with Gasteiger partial charge in [0.25, 0.3) is 0 Å². The number of para-hydroxylation sites is 1. The average Bonchev–Trinajstić information content (AvgIpc) is 3.31. The van der Waals surface area contributed by atoms with Crippen molar-refractivity contribution in [3.8, 4) is 11.5 Å². The van der Waals surface area contributed by atoms with Crippen LogP contribution in [0.25, 0.3) is 0 Å². The molecule has 0 spiro atoms. The van der Waals surface area contributed by atoms with Gasteiger partial charge in [0.1, 0.15) is 35.7 Å². The highest BCUT2D eigenvalue weighted by atomic mass is 16.5. The van der Waals surface area contributed by atoms with E-state index in [1.54, 1.807) is 38.1 Å². The molecule has 1 heterocycles. The molecule has 1 saturated heterocycles. The molecule has 10 heteroatoms. The van der Waals surface area contributed by atoms with Crippen molar-refractivity contribution in [1.82, 2.24) is 15.5 Å². The lowest BCUT2D eigenvalue weighted by atomic mass is 10.00. The fourth-order valence-corrected chi connectivity index (χ4v) is 4.45. The minimum absolute atomic E-state index is 0.0834. The summed E-state index contributed by atoms with van der Waals surface area (Å²) >= 11 is 0. The molecular formula is C28H35N3O7. The smallest absolute Gasteiger partial charge is 0.328 e. The Balaban J connectivity index is 1.77. The zero-order chi connectivity index (χ0) is 27.8. The van der Waals surface area contributed by atoms with Gasteiger partial charge in [0.05, 0.1) is 13.7 Å². The molecule has 4 atom stereocenters. The fourth-order valence-electron chi connectivity index (χ4n) is 4.45. The van der Waals surface area contributed by atoms with Gasteiger partial charge in [-0.15, -0.1) is 0 Å². The molecule has 3 rings (SSSR count). The van der Waals surface area contributed by atoms with Crippen molar-refractivity contribution >= 4 is 23.7 Å². The predicted octanol–water partition coefficient (Wildman–Crippen LogP) is 1.80. The Labute approximate surface area is 222 Å². The molecule has 0 aromatic heterocycles. The normalized spacial score (nSPS) is 18.4. The molecule has 0 saturated carbocycles. The van der Waals surface area contributed by atoms with Crippen LogP contribution in [0.4, 0.5) is 0 Å². The lowest BCUT2D eigenvalue weighted by molar-refractivity contribution is -0.152. The molecule has 38 heavy (non-hydrogen) atoms. The first kappa shape index (κ1) is 28.5. The number of rotatable bonds is 10. The van der Waals surface area contributed by atoms with E-state index in [9.17, 15) is 24.3 Å². The van der Waals surface area contributed by atoms with Crippen LogP contribution in [0.1, 0.15) is 32.8 Å². The number of carbonyl (C=O) groups excluding carboxylic acids is 4. The van der Waals surface area contributed by atoms with E-state index in [4.69, 9.17) is 9.47 Å². The Morgan fingerprint density at radius 2 is 1.68 bits per heavy atom. The van der Waals surface area contributed by atoms with Crippen molar-refractivity contribution in [2.45, 2.75) is 57.8 Å². The number of methoxy groups -OCH3 is 1. The van der Waals surface area contributed by atoms with Gasteiger partial charge in [-0.2, -0.15) is 0 Å². The van der Waals surface area contributed by atoms with Gasteiger partial charge in [0, 0.05) is 19.8 Å². The lowest BCUT2D eigenvalue weighted by Crippen LogP contribution is -2.57. The molecule has 2 aromatic carbocycles. The molecular weight excluding hydrogens is 490 g/mol. The summed E-state index contributed by atoms with van der Waals surface area (Å²) in [5, 5.41) is 15.0. The maximum atomic E-state index is 13.7. The van der Waals surface area contributed by atoms with Gasteiger partial charge in [-0.25, -0.2) is 4.79 Å². The number of nitrogens with one attached hydrogen (secondary N) is 2. The fraction of sp³-hybridized carbons (Fsp3) is 0.429. The van der Waals surface area contributed by atoms with Gasteiger partial charge < -0.3 is 30.1 Å². The highest BCUT2D eigenvalue weighted by molar-refractivity contribution is 5.94. The molecule has 1 aliphatic heterocycles. The molecule has 2 aromatic rings. The molecule has 204 valence electrons. The maximum Gasteiger partial charge on any atom is 0.328 e. The summed E-state index contributed by atoms with van der Waals surface area (Å²) in [5.74, 6) is -1.54. The molecule has 1 aliphatic rings. The van der Waals surface area contributed by atoms with Crippen LogP contribution in [-0.4, -0.2) is 71.6 Å². The van der Waals surface area contributed by atoms with E-state index in [-0.39, 0.29) is 31.1 Å². The van der Waals surface area contributed by atoms with Crippen molar-refractivity contribution in [2.24, 2.45) is 5.92 Å². The monoisotopic (exact) mass is 525 g/mol. The van der Waals surface area contributed by atoms with Gasteiger partial charge >= 0.3 is 5.97 Å². The third-order valence-electron chi connectivity index (χ3n) is 6.37. The largest absolute Gasteiger partial charge is 0.508 e. The van der Waals surface area contributed by atoms with E-state index in [1.807, 2.05) is 18.2 Å². The number of phenolic OH excluding ortho intramolecular Hbond substituents is 1. The number of hydrogen-bond donors (Lipinski definition) is 3. The highest BCUT2D eigenvalue weighted by Gasteiger charge is 2.44. The number of phenols is 1. The summed E-state index contributed by atoms with van der Waals surface area (Å²) in [5.41, 5.74) is 0.718. The molecule has 10 nitrogen and oxygen atoms in total. The van der Waals surface area contributed by atoms with E-state index < -0.39 is 47.9 Å². The van der Waals surface area contributed by atoms with Gasteiger partial charge in [-0.3, -0.25) is 14.4 Å². The van der Waals surface area contributed by atoms with E-state index in [2.05, 4.69) is 10.6 Å². The third-order valence-corrected chi connectivity index (χ3v) is 6.37. The Kier molecular flexibility index (Phi) is 9.70. The number of benzene rings is 2. The van der Waals surface area contributed by atoms with Crippen LogP contribution in [-0.2, 0) is 30.3 Å². The summed E-state index contributed by atoms with van der Waals surface area (Å²) in [6.07, 6.45) is -0.0243. The average molecular weight is 526 g/mol. The predicted molar refractivity (Wildman–Crippen MR) is 139 cm³/mol. The minimum atomic E-state index is -0.957. The number of hydrogen-bond acceptors (Lipinski definition) is 7. The van der Waals surface area contributed by atoms with Gasteiger partial charge in [-0.05, 0) is 35.7 Å². The molecule has 0 bridgehead atoms. The van der Waals surface area contributed by atoms with Crippen LogP contribution >= 0.6 is 0 Å². The third kappa shape index (κ3) is 7.47. The van der Waals surface area contributed by atoms with Crippen molar-refractivity contribution < 1.29 is 33.8 Å². The van der Waals surface area contributed by atoms with Crippen LogP contribution in [0.15, 0.2) is 54.6 Å². The number of ether oxygens (including phenoxy) is 2. The number of amides is 3. The van der Waals surface area contributed by atoms with E-state index in [1.165, 1.54) is 31.1 Å². The first-order valence-corrected chi connectivity index (χ1v) is 12.5. The van der Waals surface area contributed by atoms with Crippen molar-refractivity contribution in [3.05, 3.63) is 60.2 Å². The second-order valence-corrected chi connectivity index (χ2v) is 9.67. The molecule has 0 radical (unpaired) electrons. The first-order chi connectivity index (χ1) is 18.1. The number of likely N-dealkylation sites (tertiary alicyclic amines) is 1. The van der Waals surface area contributed by atoms with Gasteiger partial charge in [0.15, 0.2) is 0 Å². The number of esters is 1. The molecule has 3 N–H and O–H groups in total. The topological polar surface area (TPSA) is 134 Å². The first-order valence-electron chi connectivity index (χ1n) is 12.5. The van der Waals surface area contributed by atoms with Crippen LogP contribution in [0.3, 0.4) is 0 Å². The number of nitrogens with zero attached hydrogens (tertiary/aromatic N) is 1. The second-order valence-electron chi connectivity index (χ2n) is 9.67. The summed E-state index contributed by atoms with van der Waals surface area (Å²) < 4.78 is 11.0. The summed E-state index contributed by atoms with van der Waals surface area (Å²) in [6, 6.07) is 12.6. The highest BCUT2D eigenvalue weighted by Crippen LogP contribution is 2.26. The van der Waals surface area contributed by atoms with Crippen LogP contribution < -0.4 is 15.4 Å². The van der Waals surface area contributed by atoms with Crippen molar-refractivity contribution in [3.63, 3.8) is 0 Å². The standard InChI is InChI=1S/C28H35N3O7/c1-17(2)25(30-26(34)23(29-18(3)32)14-19-10-12-20(33)13-11-19)27(35)31-16-22(15-24(31)28(36)37-4)38-21-8-6-5-7-9-21/h5-13,17,22-25,33H,14-16H2,1-4H3,(H,29,32)(H,30,34)/t22?,23-,24-,25-/m0/s1. The van der Waals surface area contributed by atoms with E-state index in [0.29, 0.717) is 5.75 Å². The zero-order valence-electron chi connectivity index (χ0n) is 22.0. The van der Waals surface area contributed by atoms with E-state index >= 15 is 0 Å². The quantitative estimate of drug-likeness (QED) is 0.403. The Bertz CT molecular complexity index is 1120. The van der Waals surface area contributed by atoms with Crippen LogP contribution in [0.5, 0.6) is 11.5 Å². The second kappa shape index (κ2) is 12.9. The lowest BCUT2D eigenvalue weighted by Gasteiger charge is -2.31. The molecule has 0 aliphatic carbocycles. The van der Waals surface area contributed by atoms with Gasteiger partial charge in [-0.1, -0.05) is 44.2 Å². The summed E-state index contributed by atoms with van der Waals surface area (Å²) in [4.78, 5) is 52.8.